The molecule has 0 fully saturated rings. The average Bonchev–Trinajstić information content (AvgIpc) is 3.58. The van der Waals surface area contributed by atoms with Gasteiger partial charge in [0.25, 0.3) is 6.71 Å². The molecule has 54 heavy (non-hydrogen) atoms. The fourth-order valence-electron chi connectivity index (χ4n) is 9.31. The molecule has 2 aliphatic heterocycles. The van der Waals surface area contributed by atoms with Crippen molar-refractivity contribution in [2.24, 2.45) is 0 Å². The van der Waals surface area contributed by atoms with Gasteiger partial charge in [0.2, 0.25) is 0 Å². The largest absolute Gasteiger partial charge is 0.458 e. The predicted molar refractivity (Wildman–Crippen MR) is 227 cm³/mol. The third-order valence-electron chi connectivity index (χ3n) is 11.6. The molecule has 0 amide bonds. The van der Waals surface area contributed by atoms with Crippen molar-refractivity contribution in [3.63, 3.8) is 0 Å². The Balaban J connectivity index is 1.19. The molecule has 0 aliphatic carbocycles. The molecule has 0 atom stereocenters. The van der Waals surface area contributed by atoms with Gasteiger partial charge in [0, 0.05) is 44.8 Å². The van der Waals surface area contributed by atoms with E-state index >= 15 is 0 Å². The predicted octanol–water partition coefficient (Wildman–Crippen LogP) is 11.2. The first-order valence-electron chi connectivity index (χ1n) is 18.6. The first kappa shape index (κ1) is 29.5. The van der Waals surface area contributed by atoms with Gasteiger partial charge in [-0.25, -0.2) is 0 Å². The van der Waals surface area contributed by atoms with Crippen molar-refractivity contribution >= 4 is 83.5 Å². The minimum atomic E-state index is -0.0224. The van der Waals surface area contributed by atoms with E-state index in [-0.39, 0.29) is 6.71 Å². The van der Waals surface area contributed by atoms with E-state index in [1.165, 1.54) is 71.0 Å². The van der Waals surface area contributed by atoms with Gasteiger partial charge in [-0.1, -0.05) is 133 Å². The van der Waals surface area contributed by atoms with Gasteiger partial charge in [-0.05, 0) is 92.2 Å². The van der Waals surface area contributed by atoms with Crippen LogP contribution >= 0.6 is 0 Å². The topological polar surface area (TPSA) is 17.4 Å². The Bertz CT molecular complexity index is 3110. The second-order valence-corrected chi connectivity index (χ2v) is 14.5. The van der Waals surface area contributed by atoms with Crippen LogP contribution in [-0.2, 0) is 0 Å². The molecule has 0 unspecified atom stereocenters. The quantitative estimate of drug-likeness (QED) is 0.172. The number of benzene rings is 9. The summed E-state index contributed by atoms with van der Waals surface area (Å²) in [7, 11) is 0. The van der Waals surface area contributed by atoms with Crippen LogP contribution in [-0.4, -0.2) is 11.3 Å². The molecule has 0 saturated heterocycles. The first-order valence-corrected chi connectivity index (χ1v) is 18.6. The van der Waals surface area contributed by atoms with E-state index < -0.39 is 0 Å². The minimum absolute atomic E-state index is 0.0224. The Kier molecular flexibility index (Phi) is 6.14. The van der Waals surface area contributed by atoms with Crippen molar-refractivity contribution in [1.29, 1.82) is 0 Å². The number of ether oxygens (including phenoxy) is 1. The molecule has 0 saturated carbocycles. The van der Waals surface area contributed by atoms with Gasteiger partial charge in [0.1, 0.15) is 11.5 Å². The van der Waals surface area contributed by atoms with E-state index in [2.05, 4.69) is 198 Å². The Hall–Kier alpha value is -7.04. The van der Waals surface area contributed by atoms with Crippen LogP contribution in [0.1, 0.15) is 0 Å². The summed E-state index contributed by atoms with van der Waals surface area (Å²) >= 11 is 0. The lowest BCUT2D eigenvalue weighted by atomic mass is 9.34. The second kappa shape index (κ2) is 11.2. The molecule has 3 nitrogen and oxygen atoms in total. The Morgan fingerprint density at radius 1 is 0.444 bits per heavy atom. The fourth-order valence-corrected chi connectivity index (χ4v) is 9.31. The zero-order valence-electron chi connectivity index (χ0n) is 29.3. The Morgan fingerprint density at radius 2 is 1.09 bits per heavy atom. The van der Waals surface area contributed by atoms with Crippen LogP contribution in [0.4, 0.5) is 17.1 Å². The monoisotopic (exact) mass is 686 g/mol. The van der Waals surface area contributed by atoms with Crippen LogP contribution in [0.3, 0.4) is 0 Å². The number of nitrogens with zero attached hydrogens (tertiary/aromatic N) is 2. The van der Waals surface area contributed by atoms with E-state index in [0.29, 0.717) is 0 Å². The maximum absolute atomic E-state index is 7.30. The van der Waals surface area contributed by atoms with Gasteiger partial charge in [-0.15, -0.1) is 0 Å². The highest BCUT2D eigenvalue weighted by Gasteiger charge is 2.42. The minimum Gasteiger partial charge on any atom is -0.458 e. The average molecular weight is 687 g/mol. The number of para-hydroxylation sites is 4. The van der Waals surface area contributed by atoms with E-state index in [1.54, 1.807) is 0 Å². The van der Waals surface area contributed by atoms with E-state index in [9.17, 15) is 0 Å². The van der Waals surface area contributed by atoms with Crippen molar-refractivity contribution in [3.8, 4) is 28.3 Å². The SMILES string of the molecule is c1ccc(N(c2ccccc2)c2cc3c(c4ccccc24)B2c4c(cc(-c5ccc6ccccc6c5)cc4-n4c5ccccc5c5cccc2c54)O3)cc1. The molecule has 2 aliphatic rings. The third kappa shape index (κ3) is 4.14. The lowest BCUT2D eigenvalue weighted by Crippen LogP contribution is -2.58. The van der Waals surface area contributed by atoms with Gasteiger partial charge in [-0.3, -0.25) is 0 Å². The molecule has 10 aromatic rings. The van der Waals surface area contributed by atoms with Crippen LogP contribution in [0.5, 0.6) is 11.5 Å². The number of hydrogen-bond donors (Lipinski definition) is 0. The molecule has 0 N–H and O–H groups in total. The maximum Gasteiger partial charge on any atom is 0.257 e. The zero-order chi connectivity index (χ0) is 35.3. The van der Waals surface area contributed by atoms with E-state index in [0.717, 1.165) is 34.1 Å². The summed E-state index contributed by atoms with van der Waals surface area (Å²) in [5.74, 6) is 1.79. The summed E-state index contributed by atoms with van der Waals surface area (Å²) in [6.07, 6.45) is 0. The van der Waals surface area contributed by atoms with E-state index in [4.69, 9.17) is 4.74 Å². The van der Waals surface area contributed by atoms with E-state index in [1.807, 2.05) is 0 Å². The van der Waals surface area contributed by atoms with Crippen LogP contribution in [0, 0.1) is 0 Å². The molecule has 0 bridgehead atoms. The van der Waals surface area contributed by atoms with Gasteiger partial charge in [-0.2, -0.15) is 0 Å². The number of aromatic nitrogens is 1. The Morgan fingerprint density at radius 3 is 1.89 bits per heavy atom. The Labute approximate surface area is 313 Å². The standard InChI is InChI=1S/C50H31BN2O/c1-3-16-36(17-4-1)52(37-18-5-2-6-19-37)44-31-47-48(40-22-10-9-20-38(40)44)51-42-24-13-23-41-39-21-11-12-25-43(39)53(50(41)42)45-29-35(30-46(54-47)49(45)51)34-27-26-32-14-7-8-15-33(32)28-34/h1-31H. The molecule has 3 heterocycles. The van der Waals surface area contributed by atoms with Crippen LogP contribution in [0.15, 0.2) is 188 Å². The highest BCUT2D eigenvalue weighted by Crippen LogP contribution is 2.45. The van der Waals surface area contributed by atoms with Crippen molar-refractivity contribution in [2.45, 2.75) is 0 Å². The fraction of sp³-hybridized carbons (Fsp3) is 0. The third-order valence-corrected chi connectivity index (χ3v) is 11.6. The molecule has 4 heteroatoms. The van der Waals surface area contributed by atoms with Gasteiger partial charge in [0.15, 0.2) is 0 Å². The number of rotatable bonds is 4. The van der Waals surface area contributed by atoms with Crippen molar-refractivity contribution in [1.82, 2.24) is 4.57 Å². The smallest absolute Gasteiger partial charge is 0.257 e. The van der Waals surface area contributed by atoms with Gasteiger partial charge < -0.3 is 14.2 Å². The summed E-state index contributed by atoms with van der Waals surface area (Å²) in [6.45, 7) is -0.0224. The molecular formula is C50H31BN2O. The summed E-state index contributed by atoms with van der Waals surface area (Å²) in [5.41, 5.74) is 13.0. The van der Waals surface area contributed by atoms with Crippen LogP contribution in [0.25, 0.3) is 60.2 Å². The highest BCUT2D eigenvalue weighted by molar-refractivity contribution is 7.00. The molecule has 12 rings (SSSR count). The normalized spacial score (nSPS) is 12.6. The summed E-state index contributed by atoms with van der Waals surface area (Å²) in [4.78, 5) is 2.36. The van der Waals surface area contributed by atoms with Crippen molar-refractivity contribution in [2.75, 3.05) is 4.90 Å². The molecule has 0 spiro atoms. The summed E-state index contributed by atoms with van der Waals surface area (Å²) in [6, 6.07) is 68.2. The van der Waals surface area contributed by atoms with Crippen LogP contribution in [0.2, 0.25) is 0 Å². The number of fused-ring (bicyclic) bond motifs is 10. The maximum atomic E-state index is 7.30. The van der Waals surface area contributed by atoms with Gasteiger partial charge in [0.05, 0.1) is 11.2 Å². The van der Waals surface area contributed by atoms with Gasteiger partial charge >= 0.3 is 0 Å². The first-order chi connectivity index (χ1) is 26.8. The lowest BCUT2D eigenvalue weighted by Gasteiger charge is -2.36. The summed E-state index contributed by atoms with van der Waals surface area (Å²) in [5, 5.41) is 7.38. The zero-order valence-corrected chi connectivity index (χ0v) is 29.3. The van der Waals surface area contributed by atoms with Crippen molar-refractivity contribution < 1.29 is 4.74 Å². The molecule has 250 valence electrons. The molecular weight excluding hydrogens is 655 g/mol. The molecule has 9 aromatic carbocycles. The number of hydrogen-bond acceptors (Lipinski definition) is 2. The highest BCUT2D eigenvalue weighted by atomic mass is 16.5. The summed E-state index contributed by atoms with van der Waals surface area (Å²) < 4.78 is 9.80. The molecule has 1 aromatic heterocycles. The lowest BCUT2D eigenvalue weighted by molar-refractivity contribution is 0.488. The molecule has 0 radical (unpaired) electrons. The number of anilines is 3. The van der Waals surface area contributed by atoms with Crippen LogP contribution < -0.4 is 26.0 Å². The second-order valence-electron chi connectivity index (χ2n) is 14.5. The van der Waals surface area contributed by atoms with Crippen molar-refractivity contribution in [3.05, 3.63) is 188 Å².